The van der Waals surface area contributed by atoms with Gasteiger partial charge in [-0.25, -0.2) is 0 Å². The fourth-order valence-electron chi connectivity index (χ4n) is 1.81. The molecule has 1 fully saturated rings. The van der Waals surface area contributed by atoms with Gasteiger partial charge in [-0.15, -0.1) is 0 Å². The molecule has 0 spiro atoms. The summed E-state index contributed by atoms with van der Waals surface area (Å²) in [6, 6.07) is 5.86. The van der Waals surface area contributed by atoms with Crippen molar-refractivity contribution in [3.05, 3.63) is 39.9 Å². The lowest BCUT2D eigenvalue weighted by Crippen LogP contribution is -2.36. The number of benzene rings is 1. The number of hydrogen-bond acceptors (Lipinski definition) is 4. The van der Waals surface area contributed by atoms with Crippen molar-refractivity contribution in [3.63, 3.8) is 0 Å². The summed E-state index contributed by atoms with van der Waals surface area (Å²) in [6.07, 6.45) is 0.890. The second-order valence-corrected chi connectivity index (χ2v) is 3.97. The van der Waals surface area contributed by atoms with Crippen molar-refractivity contribution in [2.75, 3.05) is 13.1 Å². The zero-order valence-corrected chi connectivity index (χ0v) is 9.18. The van der Waals surface area contributed by atoms with Crippen LogP contribution in [0.5, 0.6) is 0 Å². The summed E-state index contributed by atoms with van der Waals surface area (Å²) in [7, 11) is 0. The Morgan fingerprint density at radius 1 is 1.53 bits per heavy atom. The van der Waals surface area contributed by atoms with E-state index in [0.29, 0.717) is 5.56 Å². The molecule has 0 saturated carbocycles. The Labute approximate surface area is 98.2 Å². The Bertz CT molecular complexity index is 441. The smallest absolute Gasteiger partial charge is 0.270 e. The molecule has 1 aromatic carbocycles. The van der Waals surface area contributed by atoms with Crippen LogP contribution in [0.1, 0.15) is 16.8 Å². The number of hydrogen-bond donors (Lipinski definition) is 2. The Balaban J connectivity index is 2.07. The lowest BCUT2D eigenvalue weighted by Gasteiger charge is -2.10. The van der Waals surface area contributed by atoms with Crippen LogP contribution in [0.4, 0.5) is 5.69 Å². The molecule has 0 aromatic heterocycles. The van der Waals surface area contributed by atoms with Crippen LogP contribution in [0.25, 0.3) is 0 Å². The molecule has 1 aliphatic heterocycles. The van der Waals surface area contributed by atoms with Gasteiger partial charge in [-0.2, -0.15) is 0 Å². The van der Waals surface area contributed by atoms with Crippen molar-refractivity contribution in [2.45, 2.75) is 12.5 Å². The molecule has 90 valence electrons. The van der Waals surface area contributed by atoms with E-state index >= 15 is 0 Å². The van der Waals surface area contributed by atoms with Gasteiger partial charge in [0.2, 0.25) is 0 Å². The SMILES string of the molecule is O=C(NC1CCNC1)c1cccc([N+](=O)[O-])c1. The second kappa shape index (κ2) is 4.92. The molecule has 0 radical (unpaired) electrons. The third-order valence-electron chi connectivity index (χ3n) is 2.71. The highest BCUT2D eigenvalue weighted by molar-refractivity contribution is 5.95. The van der Waals surface area contributed by atoms with E-state index in [1.54, 1.807) is 6.07 Å². The molecular formula is C11H13N3O3. The van der Waals surface area contributed by atoms with Crippen LogP contribution in [-0.4, -0.2) is 30.0 Å². The molecule has 0 aliphatic carbocycles. The standard InChI is InChI=1S/C11H13N3O3/c15-11(13-9-4-5-12-7-9)8-2-1-3-10(6-8)14(16)17/h1-3,6,9,12H,4-5,7H2,(H,13,15). The summed E-state index contributed by atoms with van der Waals surface area (Å²) in [5.41, 5.74) is 0.258. The van der Waals surface area contributed by atoms with Crippen molar-refractivity contribution in [1.82, 2.24) is 10.6 Å². The molecular weight excluding hydrogens is 222 g/mol. The Hall–Kier alpha value is -1.95. The zero-order chi connectivity index (χ0) is 12.3. The topological polar surface area (TPSA) is 84.3 Å². The van der Waals surface area contributed by atoms with Crippen LogP contribution in [0, 0.1) is 10.1 Å². The molecule has 17 heavy (non-hydrogen) atoms. The van der Waals surface area contributed by atoms with Crippen LogP contribution in [0.15, 0.2) is 24.3 Å². The highest BCUT2D eigenvalue weighted by Gasteiger charge is 2.18. The zero-order valence-electron chi connectivity index (χ0n) is 9.18. The summed E-state index contributed by atoms with van der Waals surface area (Å²) < 4.78 is 0. The molecule has 1 amide bonds. The van der Waals surface area contributed by atoms with Crippen LogP contribution in [0.2, 0.25) is 0 Å². The molecule has 1 atom stereocenters. The molecule has 2 rings (SSSR count). The summed E-state index contributed by atoms with van der Waals surface area (Å²) in [5.74, 6) is -0.262. The van der Waals surface area contributed by atoms with Gasteiger partial charge < -0.3 is 10.6 Å². The molecule has 6 nitrogen and oxygen atoms in total. The van der Waals surface area contributed by atoms with E-state index in [-0.39, 0.29) is 17.6 Å². The summed E-state index contributed by atoms with van der Waals surface area (Å²) in [4.78, 5) is 21.9. The van der Waals surface area contributed by atoms with Gasteiger partial charge in [-0.3, -0.25) is 14.9 Å². The quantitative estimate of drug-likeness (QED) is 0.596. The lowest BCUT2D eigenvalue weighted by atomic mass is 10.1. The average molecular weight is 235 g/mol. The first-order valence-electron chi connectivity index (χ1n) is 5.43. The minimum Gasteiger partial charge on any atom is -0.348 e. The molecule has 1 aliphatic rings. The van der Waals surface area contributed by atoms with E-state index in [1.165, 1.54) is 18.2 Å². The van der Waals surface area contributed by atoms with Gasteiger partial charge in [0.1, 0.15) is 0 Å². The van der Waals surface area contributed by atoms with E-state index in [4.69, 9.17) is 0 Å². The molecule has 1 aromatic rings. The summed E-state index contributed by atoms with van der Waals surface area (Å²) in [5, 5.41) is 16.6. The minimum atomic E-state index is -0.506. The van der Waals surface area contributed by atoms with Crippen molar-refractivity contribution < 1.29 is 9.72 Å². The number of nitrogens with zero attached hydrogens (tertiary/aromatic N) is 1. The molecule has 1 saturated heterocycles. The van der Waals surface area contributed by atoms with Crippen LogP contribution in [0.3, 0.4) is 0 Å². The van der Waals surface area contributed by atoms with Gasteiger partial charge in [-0.1, -0.05) is 6.07 Å². The number of amides is 1. The molecule has 1 heterocycles. The first kappa shape index (κ1) is 11.5. The lowest BCUT2D eigenvalue weighted by molar-refractivity contribution is -0.384. The van der Waals surface area contributed by atoms with Crippen molar-refractivity contribution in [3.8, 4) is 0 Å². The Morgan fingerprint density at radius 3 is 3.00 bits per heavy atom. The number of rotatable bonds is 3. The van der Waals surface area contributed by atoms with Crippen molar-refractivity contribution in [1.29, 1.82) is 0 Å². The fraction of sp³-hybridized carbons (Fsp3) is 0.364. The normalized spacial score (nSPS) is 18.9. The third-order valence-corrected chi connectivity index (χ3v) is 2.71. The van der Waals surface area contributed by atoms with Crippen LogP contribution in [-0.2, 0) is 0 Å². The number of nitrogens with one attached hydrogen (secondary N) is 2. The Kier molecular flexibility index (Phi) is 3.34. The number of nitro benzene ring substituents is 1. The van der Waals surface area contributed by atoms with Gasteiger partial charge in [0.05, 0.1) is 4.92 Å². The summed E-state index contributed by atoms with van der Waals surface area (Å²) in [6.45, 7) is 1.64. The first-order chi connectivity index (χ1) is 8.16. The monoisotopic (exact) mass is 235 g/mol. The minimum absolute atomic E-state index is 0.0674. The second-order valence-electron chi connectivity index (χ2n) is 3.97. The van der Waals surface area contributed by atoms with Crippen LogP contribution < -0.4 is 10.6 Å². The Morgan fingerprint density at radius 2 is 2.35 bits per heavy atom. The number of non-ortho nitro benzene ring substituents is 1. The van der Waals surface area contributed by atoms with Crippen LogP contribution >= 0.6 is 0 Å². The van der Waals surface area contributed by atoms with E-state index in [2.05, 4.69) is 10.6 Å². The van der Waals surface area contributed by atoms with E-state index in [1.807, 2.05) is 0 Å². The third kappa shape index (κ3) is 2.79. The maximum Gasteiger partial charge on any atom is 0.270 e. The van der Waals surface area contributed by atoms with Crippen molar-refractivity contribution >= 4 is 11.6 Å². The van der Waals surface area contributed by atoms with Gasteiger partial charge in [-0.05, 0) is 19.0 Å². The molecule has 6 heteroatoms. The number of carbonyl (C=O) groups is 1. The summed E-state index contributed by atoms with van der Waals surface area (Å²) >= 11 is 0. The predicted molar refractivity (Wildman–Crippen MR) is 61.8 cm³/mol. The molecule has 1 unspecified atom stereocenters. The van der Waals surface area contributed by atoms with Gasteiger partial charge in [0.25, 0.3) is 11.6 Å². The number of carbonyl (C=O) groups excluding carboxylic acids is 1. The van der Waals surface area contributed by atoms with Gasteiger partial charge >= 0.3 is 0 Å². The maximum atomic E-state index is 11.8. The van der Waals surface area contributed by atoms with E-state index in [0.717, 1.165) is 19.5 Å². The van der Waals surface area contributed by atoms with E-state index < -0.39 is 4.92 Å². The van der Waals surface area contributed by atoms with Gasteiger partial charge in [0.15, 0.2) is 0 Å². The van der Waals surface area contributed by atoms with Gasteiger partial charge in [0, 0.05) is 30.3 Å². The highest BCUT2D eigenvalue weighted by Crippen LogP contribution is 2.13. The largest absolute Gasteiger partial charge is 0.348 e. The number of nitro groups is 1. The fourth-order valence-corrected chi connectivity index (χ4v) is 1.81. The maximum absolute atomic E-state index is 11.8. The molecule has 0 bridgehead atoms. The highest BCUT2D eigenvalue weighted by atomic mass is 16.6. The van der Waals surface area contributed by atoms with Crippen molar-refractivity contribution in [2.24, 2.45) is 0 Å². The van der Waals surface area contributed by atoms with E-state index in [9.17, 15) is 14.9 Å². The predicted octanol–water partition coefficient (Wildman–Crippen LogP) is 0.686. The first-order valence-corrected chi connectivity index (χ1v) is 5.43. The average Bonchev–Trinajstić information content (AvgIpc) is 2.82. The molecule has 2 N–H and O–H groups in total.